The molecule has 8 heteroatoms. The van der Waals surface area contributed by atoms with E-state index >= 15 is 0 Å². The van der Waals surface area contributed by atoms with E-state index in [1.807, 2.05) is 0 Å². The van der Waals surface area contributed by atoms with E-state index in [1.54, 1.807) is 24.3 Å². The molecule has 2 rings (SSSR count). The molecule has 1 aliphatic heterocycles. The van der Waals surface area contributed by atoms with E-state index in [1.165, 1.54) is 12.0 Å². The van der Waals surface area contributed by atoms with Crippen molar-refractivity contribution in [3.8, 4) is 5.75 Å². The smallest absolute Gasteiger partial charge is 0.471 e. The van der Waals surface area contributed by atoms with Crippen molar-refractivity contribution in [2.45, 2.75) is 12.6 Å². The van der Waals surface area contributed by atoms with Crippen molar-refractivity contribution >= 4 is 11.8 Å². The average molecular weight is 330 g/mol. The fourth-order valence-corrected chi connectivity index (χ4v) is 2.49. The Labute approximate surface area is 131 Å². The fraction of sp³-hybridized carbons (Fsp3) is 0.467. The van der Waals surface area contributed by atoms with Crippen molar-refractivity contribution in [1.82, 2.24) is 9.80 Å². The summed E-state index contributed by atoms with van der Waals surface area (Å²) in [6, 6.07) is 6.66. The van der Waals surface area contributed by atoms with Crippen molar-refractivity contribution in [2.24, 2.45) is 0 Å². The van der Waals surface area contributed by atoms with Gasteiger partial charge >= 0.3 is 12.1 Å². The largest absolute Gasteiger partial charge is 0.496 e. The summed E-state index contributed by atoms with van der Waals surface area (Å²) in [5.74, 6) is -1.77. The van der Waals surface area contributed by atoms with Gasteiger partial charge in [0.1, 0.15) is 5.75 Å². The van der Waals surface area contributed by atoms with Gasteiger partial charge in [0.25, 0.3) is 5.91 Å². The minimum Gasteiger partial charge on any atom is -0.496 e. The predicted octanol–water partition coefficient (Wildman–Crippen LogP) is 1.93. The highest BCUT2D eigenvalue weighted by Crippen LogP contribution is 2.22. The molecule has 2 amide bonds. The first-order chi connectivity index (χ1) is 10.8. The second-order valence-electron chi connectivity index (χ2n) is 5.14. The van der Waals surface area contributed by atoms with Crippen molar-refractivity contribution in [2.75, 3.05) is 33.3 Å². The van der Waals surface area contributed by atoms with Crippen molar-refractivity contribution in [3.63, 3.8) is 0 Å². The summed E-state index contributed by atoms with van der Waals surface area (Å²) >= 11 is 0. The maximum absolute atomic E-state index is 12.5. The Balaban J connectivity index is 2.08. The van der Waals surface area contributed by atoms with Crippen LogP contribution in [0.5, 0.6) is 5.75 Å². The van der Waals surface area contributed by atoms with Gasteiger partial charge in [-0.1, -0.05) is 12.1 Å². The Bertz CT molecular complexity index is 590. The Morgan fingerprint density at radius 1 is 1.04 bits per heavy atom. The summed E-state index contributed by atoms with van der Waals surface area (Å²) in [6.45, 7) is 0.185. The normalized spacial score (nSPS) is 16.0. The lowest BCUT2D eigenvalue weighted by molar-refractivity contribution is -0.185. The zero-order chi connectivity index (χ0) is 17.0. The SMILES string of the molecule is COc1ccccc1C(=O)N1CCCN(C(=O)C(F)(F)F)CC1. The number of nitrogens with zero attached hydrogens (tertiary/aromatic N) is 2. The van der Waals surface area contributed by atoms with Crippen molar-refractivity contribution in [3.05, 3.63) is 29.8 Å². The summed E-state index contributed by atoms with van der Waals surface area (Å²) in [5.41, 5.74) is 0.352. The predicted molar refractivity (Wildman–Crippen MR) is 76.1 cm³/mol. The van der Waals surface area contributed by atoms with Gasteiger partial charge in [0.2, 0.25) is 0 Å². The number of benzene rings is 1. The van der Waals surface area contributed by atoms with Gasteiger partial charge in [-0.3, -0.25) is 9.59 Å². The number of alkyl halides is 3. The Kier molecular flexibility index (Phi) is 5.12. The molecule has 0 aromatic heterocycles. The minimum absolute atomic E-state index is 0.0198. The Morgan fingerprint density at radius 3 is 2.30 bits per heavy atom. The maximum Gasteiger partial charge on any atom is 0.471 e. The molecule has 126 valence electrons. The van der Waals surface area contributed by atoms with Gasteiger partial charge in [-0.05, 0) is 18.6 Å². The summed E-state index contributed by atoms with van der Waals surface area (Å²) in [4.78, 5) is 26.0. The van der Waals surface area contributed by atoms with Crippen LogP contribution in [0.25, 0.3) is 0 Å². The lowest BCUT2D eigenvalue weighted by Gasteiger charge is -2.23. The van der Waals surface area contributed by atoms with Gasteiger partial charge in [0, 0.05) is 26.2 Å². The van der Waals surface area contributed by atoms with Crippen LogP contribution in [0.15, 0.2) is 24.3 Å². The topological polar surface area (TPSA) is 49.9 Å². The molecule has 5 nitrogen and oxygen atoms in total. The van der Waals surface area contributed by atoms with Crippen LogP contribution in [0.2, 0.25) is 0 Å². The van der Waals surface area contributed by atoms with Crippen molar-refractivity contribution < 1.29 is 27.5 Å². The number of hydrogen-bond donors (Lipinski definition) is 0. The second-order valence-corrected chi connectivity index (χ2v) is 5.14. The zero-order valence-corrected chi connectivity index (χ0v) is 12.6. The summed E-state index contributed by atoms with van der Waals surface area (Å²) < 4.78 is 42.6. The molecule has 1 aromatic carbocycles. The molecule has 23 heavy (non-hydrogen) atoms. The molecule has 0 radical (unpaired) electrons. The van der Waals surface area contributed by atoms with Crippen LogP contribution in [0, 0.1) is 0 Å². The summed E-state index contributed by atoms with van der Waals surface area (Å²) in [7, 11) is 1.44. The summed E-state index contributed by atoms with van der Waals surface area (Å²) in [6.07, 6.45) is -4.59. The molecule has 0 atom stereocenters. The quantitative estimate of drug-likeness (QED) is 0.833. The molecule has 1 aromatic rings. The first kappa shape index (κ1) is 17.1. The molecule has 0 N–H and O–H groups in total. The number of para-hydroxylation sites is 1. The van der Waals surface area contributed by atoms with Crippen LogP contribution in [0.1, 0.15) is 16.8 Å². The van der Waals surface area contributed by atoms with E-state index < -0.39 is 12.1 Å². The lowest BCUT2D eigenvalue weighted by atomic mass is 10.1. The molecule has 1 heterocycles. The van der Waals surface area contributed by atoms with Gasteiger partial charge in [0.15, 0.2) is 0 Å². The standard InChI is InChI=1S/C15H17F3N2O3/c1-23-12-6-3-2-5-11(12)13(21)19-7-4-8-20(10-9-19)14(22)15(16,17)18/h2-3,5-6H,4,7-10H2,1H3. The Morgan fingerprint density at radius 2 is 1.65 bits per heavy atom. The second kappa shape index (κ2) is 6.89. The minimum atomic E-state index is -4.89. The van der Waals surface area contributed by atoms with E-state index in [-0.39, 0.29) is 25.5 Å². The highest BCUT2D eigenvalue weighted by atomic mass is 19.4. The van der Waals surface area contributed by atoms with Gasteiger partial charge < -0.3 is 14.5 Å². The van der Waals surface area contributed by atoms with Gasteiger partial charge in [-0.15, -0.1) is 0 Å². The van der Waals surface area contributed by atoms with Gasteiger partial charge in [-0.2, -0.15) is 13.2 Å². The van der Waals surface area contributed by atoms with Gasteiger partial charge in [-0.25, -0.2) is 0 Å². The van der Waals surface area contributed by atoms with Crippen molar-refractivity contribution in [1.29, 1.82) is 0 Å². The van der Waals surface area contributed by atoms with E-state index in [0.717, 1.165) is 4.90 Å². The van der Waals surface area contributed by atoms with Crippen LogP contribution in [0.4, 0.5) is 13.2 Å². The molecular weight excluding hydrogens is 313 g/mol. The average Bonchev–Trinajstić information content (AvgIpc) is 2.78. The number of carbonyl (C=O) groups is 2. The maximum atomic E-state index is 12.5. The molecule has 0 bridgehead atoms. The number of carbonyl (C=O) groups excluding carboxylic acids is 2. The number of amides is 2. The zero-order valence-electron chi connectivity index (χ0n) is 12.6. The molecule has 1 fully saturated rings. The lowest BCUT2D eigenvalue weighted by Crippen LogP contribution is -2.43. The van der Waals surface area contributed by atoms with Crippen LogP contribution in [0.3, 0.4) is 0 Å². The third-order valence-corrected chi connectivity index (χ3v) is 3.65. The van der Waals surface area contributed by atoms with Crippen LogP contribution in [-0.2, 0) is 4.79 Å². The number of halogens is 3. The third-order valence-electron chi connectivity index (χ3n) is 3.65. The van der Waals surface area contributed by atoms with E-state index in [0.29, 0.717) is 24.3 Å². The molecule has 0 saturated carbocycles. The number of rotatable bonds is 2. The number of methoxy groups -OCH3 is 1. The van der Waals surface area contributed by atoms with E-state index in [2.05, 4.69) is 0 Å². The van der Waals surface area contributed by atoms with Crippen LogP contribution in [-0.4, -0.2) is 61.1 Å². The first-order valence-electron chi connectivity index (χ1n) is 7.13. The summed E-state index contributed by atoms with van der Waals surface area (Å²) in [5, 5.41) is 0. The first-order valence-corrected chi connectivity index (χ1v) is 7.13. The number of hydrogen-bond acceptors (Lipinski definition) is 3. The van der Waals surface area contributed by atoms with Crippen LogP contribution < -0.4 is 4.74 Å². The molecule has 1 saturated heterocycles. The molecule has 1 aliphatic rings. The fourth-order valence-electron chi connectivity index (χ4n) is 2.49. The third kappa shape index (κ3) is 3.94. The molecule has 0 spiro atoms. The van der Waals surface area contributed by atoms with Crippen LogP contribution >= 0.6 is 0 Å². The van der Waals surface area contributed by atoms with E-state index in [4.69, 9.17) is 4.74 Å². The Hall–Kier alpha value is -2.25. The molecular formula is C15H17F3N2O3. The number of ether oxygens (including phenoxy) is 1. The monoisotopic (exact) mass is 330 g/mol. The highest BCUT2D eigenvalue weighted by molar-refractivity contribution is 5.97. The van der Waals surface area contributed by atoms with Gasteiger partial charge in [0.05, 0.1) is 12.7 Å². The molecule has 0 aliphatic carbocycles. The van der Waals surface area contributed by atoms with E-state index in [9.17, 15) is 22.8 Å². The highest BCUT2D eigenvalue weighted by Gasteiger charge is 2.42. The molecule has 0 unspecified atom stereocenters.